The highest BCUT2D eigenvalue weighted by atomic mass is 35.5. The normalized spacial score (nSPS) is 22.8. The molecule has 0 spiro atoms. The summed E-state index contributed by atoms with van der Waals surface area (Å²) in [5.74, 6) is 0. The maximum Gasteiger partial charge on any atom is 0.279 e. The summed E-state index contributed by atoms with van der Waals surface area (Å²) in [6.45, 7) is 3.72. The van der Waals surface area contributed by atoms with E-state index in [9.17, 15) is 8.42 Å². The summed E-state index contributed by atoms with van der Waals surface area (Å²) in [7, 11) is -1.46. The van der Waals surface area contributed by atoms with Gasteiger partial charge >= 0.3 is 0 Å². The molecular weight excluding hydrogens is 250 g/mol. The van der Waals surface area contributed by atoms with Gasteiger partial charge in [-0.15, -0.1) is 12.4 Å². The van der Waals surface area contributed by atoms with Crippen LogP contribution in [-0.4, -0.2) is 45.4 Å². The van der Waals surface area contributed by atoms with Crippen LogP contribution in [0.2, 0.25) is 0 Å². The van der Waals surface area contributed by atoms with E-state index in [1.807, 2.05) is 6.92 Å². The summed E-state index contributed by atoms with van der Waals surface area (Å²) in [5, 5.41) is 2.91. The Morgan fingerprint density at radius 3 is 2.56 bits per heavy atom. The van der Waals surface area contributed by atoms with Crippen molar-refractivity contribution in [2.45, 2.75) is 32.2 Å². The Morgan fingerprint density at radius 1 is 1.31 bits per heavy atom. The van der Waals surface area contributed by atoms with Crippen LogP contribution in [0.25, 0.3) is 0 Å². The van der Waals surface area contributed by atoms with E-state index in [1.54, 1.807) is 11.4 Å². The number of piperidine rings is 1. The van der Waals surface area contributed by atoms with Crippen LogP contribution in [0, 0.1) is 0 Å². The molecule has 1 saturated heterocycles. The quantitative estimate of drug-likeness (QED) is 0.709. The van der Waals surface area contributed by atoms with E-state index in [1.165, 1.54) is 0 Å². The van der Waals surface area contributed by atoms with Gasteiger partial charge in [-0.05, 0) is 26.8 Å². The second-order valence-electron chi connectivity index (χ2n) is 3.96. The first-order valence-electron chi connectivity index (χ1n) is 5.49. The number of halogens is 1. The van der Waals surface area contributed by atoms with Crippen molar-refractivity contribution >= 4 is 22.6 Å². The lowest BCUT2D eigenvalue weighted by Gasteiger charge is -2.32. The fourth-order valence-electron chi connectivity index (χ4n) is 1.82. The minimum atomic E-state index is -3.26. The number of nitrogens with one attached hydrogen (secondary N) is 2. The predicted octanol–water partition coefficient (Wildman–Crippen LogP) is 0.336. The van der Waals surface area contributed by atoms with Crippen LogP contribution in [0.15, 0.2) is 0 Å². The number of hydrogen-bond acceptors (Lipinski definition) is 3. The standard InChI is InChI=1S/C9H21N3O2S.ClH/c1-9-5-3-4-8-12(9)15(13,14)11-7-6-10-2;/h9-11H,3-8H2,1-2H3;1H. The van der Waals surface area contributed by atoms with Gasteiger partial charge in [-0.1, -0.05) is 6.42 Å². The molecule has 1 fully saturated rings. The van der Waals surface area contributed by atoms with Gasteiger partial charge in [-0.25, -0.2) is 4.72 Å². The first-order chi connectivity index (χ1) is 7.08. The van der Waals surface area contributed by atoms with Crippen molar-refractivity contribution in [2.75, 3.05) is 26.7 Å². The van der Waals surface area contributed by atoms with E-state index in [0.717, 1.165) is 19.3 Å². The zero-order valence-corrected chi connectivity index (χ0v) is 11.5. The fraction of sp³-hybridized carbons (Fsp3) is 1.00. The lowest BCUT2D eigenvalue weighted by atomic mass is 10.1. The number of likely N-dealkylation sites (N-methyl/N-ethyl adjacent to an activating group) is 1. The summed E-state index contributed by atoms with van der Waals surface area (Å²) in [5.41, 5.74) is 0. The molecule has 1 unspecified atom stereocenters. The summed E-state index contributed by atoms with van der Waals surface area (Å²) >= 11 is 0. The molecule has 0 amide bonds. The molecule has 5 nitrogen and oxygen atoms in total. The van der Waals surface area contributed by atoms with Crippen molar-refractivity contribution in [1.82, 2.24) is 14.3 Å². The molecule has 16 heavy (non-hydrogen) atoms. The number of rotatable bonds is 5. The molecule has 1 heterocycles. The maximum atomic E-state index is 11.9. The SMILES string of the molecule is CNCCNS(=O)(=O)N1CCCCC1C.Cl. The zero-order valence-electron chi connectivity index (χ0n) is 9.90. The van der Waals surface area contributed by atoms with E-state index >= 15 is 0 Å². The van der Waals surface area contributed by atoms with Gasteiger partial charge in [-0.3, -0.25) is 0 Å². The minimum Gasteiger partial charge on any atom is -0.318 e. The second-order valence-corrected chi connectivity index (χ2v) is 5.67. The van der Waals surface area contributed by atoms with Crippen molar-refractivity contribution in [3.8, 4) is 0 Å². The molecule has 0 aromatic carbocycles. The van der Waals surface area contributed by atoms with Crippen molar-refractivity contribution in [1.29, 1.82) is 0 Å². The Morgan fingerprint density at radius 2 is 2.00 bits per heavy atom. The molecule has 0 saturated carbocycles. The Balaban J connectivity index is 0.00000225. The van der Waals surface area contributed by atoms with E-state index in [0.29, 0.717) is 19.6 Å². The van der Waals surface area contributed by atoms with Crippen LogP contribution in [0.4, 0.5) is 0 Å². The Hall–Kier alpha value is 0.120. The molecule has 1 aliphatic heterocycles. The first kappa shape index (κ1) is 16.1. The van der Waals surface area contributed by atoms with Crippen LogP contribution in [-0.2, 0) is 10.2 Å². The van der Waals surface area contributed by atoms with Gasteiger partial charge in [0.2, 0.25) is 0 Å². The van der Waals surface area contributed by atoms with Gasteiger partial charge < -0.3 is 5.32 Å². The van der Waals surface area contributed by atoms with Crippen molar-refractivity contribution in [3.63, 3.8) is 0 Å². The van der Waals surface area contributed by atoms with E-state index in [2.05, 4.69) is 10.0 Å². The third kappa shape index (κ3) is 4.55. The highest BCUT2D eigenvalue weighted by Crippen LogP contribution is 2.18. The third-order valence-corrected chi connectivity index (χ3v) is 4.44. The molecule has 7 heteroatoms. The molecule has 0 aromatic rings. The van der Waals surface area contributed by atoms with Crippen LogP contribution in [0.3, 0.4) is 0 Å². The van der Waals surface area contributed by atoms with Gasteiger partial charge in [0.05, 0.1) is 0 Å². The lowest BCUT2D eigenvalue weighted by molar-refractivity contribution is 0.265. The highest BCUT2D eigenvalue weighted by Gasteiger charge is 2.28. The third-order valence-electron chi connectivity index (χ3n) is 2.71. The second kappa shape index (κ2) is 7.45. The van der Waals surface area contributed by atoms with E-state index < -0.39 is 10.2 Å². The number of nitrogens with zero attached hydrogens (tertiary/aromatic N) is 1. The summed E-state index contributed by atoms with van der Waals surface area (Å²) < 4.78 is 27.9. The van der Waals surface area contributed by atoms with Crippen LogP contribution >= 0.6 is 12.4 Å². The van der Waals surface area contributed by atoms with Gasteiger partial charge in [0.15, 0.2) is 0 Å². The van der Waals surface area contributed by atoms with E-state index in [4.69, 9.17) is 0 Å². The molecule has 0 bridgehead atoms. The monoisotopic (exact) mass is 271 g/mol. The summed E-state index contributed by atoms with van der Waals surface area (Å²) in [6.07, 6.45) is 3.06. The fourth-order valence-corrected chi connectivity index (χ4v) is 3.29. The van der Waals surface area contributed by atoms with Gasteiger partial charge in [0.1, 0.15) is 0 Å². The zero-order chi connectivity index (χ0) is 11.3. The molecule has 98 valence electrons. The summed E-state index contributed by atoms with van der Waals surface area (Å²) in [4.78, 5) is 0. The van der Waals surface area contributed by atoms with Gasteiger partial charge in [-0.2, -0.15) is 12.7 Å². The Bertz CT molecular complexity index is 284. The topological polar surface area (TPSA) is 61.4 Å². The smallest absolute Gasteiger partial charge is 0.279 e. The Labute approximate surface area is 105 Å². The Kier molecular flexibility index (Phi) is 7.50. The molecule has 2 N–H and O–H groups in total. The average Bonchev–Trinajstić information content (AvgIpc) is 2.18. The van der Waals surface area contributed by atoms with Crippen LogP contribution < -0.4 is 10.0 Å². The van der Waals surface area contributed by atoms with Gasteiger partial charge in [0.25, 0.3) is 10.2 Å². The van der Waals surface area contributed by atoms with Crippen molar-refractivity contribution in [3.05, 3.63) is 0 Å². The van der Waals surface area contributed by atoms with Gasteiger partial charge in [0, 0.05) is 25.7 Å². The maximum absolute atomic E-state index is 11.9. The predicted molar refractivity (Wildman–Crippen MR) is 68.1 cm³/mol. The molecule has 1 atom stereocenters. The molecule has 0 aromatic heterocycles. The number of hydrogen-bond donors (Lipinski definition) is 2. The molecule has 0 aliphatic carbocycles. The molecule has 0 radical (unpaired) electrons. The van der Waals surface area contributed by atoms with Crippen LogP contribution in [0.1, 0.15) is 26.2 Å². The molecule has 1 rings (SSSR count). The van der Waals surface area contributed by atoms with Crippen molar-refractivity contribution < 1.29 is 8.42 Å². The van der Waals surface area contributed by atoms with E-state index in [-0.39, 0.29) is 18.4 Å². The van der Waals surface area contributed by atoms with Crippen LogP contribution in [0.5, 0.6) is 0 Å². The first-order valence-corrected chi connectivity index (χ1v) is 6.93. The highest BCUT2D eigenvalue weighted by molar-refractivity contribution is 7.87. The molecular formula is C9H22ClN3O2S. The van der Waals surface area contributed by atoms with Crippen molar-refractivity contribution in [2.24, 2.45) is 0 Å². The minimum absolute atomic E-state index is 0. The largest absolute Gasteiger partial charge is 0.318 e. The molecule has 1 aliphatic rings. The lowest BCUT2D eigenvalue weighted by Crippen LogP contribution is -2.48. The summed E-state index contributed by atoms with van der Waals surface area (Å²) in [6, 6.07) is 0.130. The average molecular weight is 272 g/mol.